The van der Waals surface area contributed by atoms with Crippen LogP contribution in [0.2, 0.25) is 0 Å². The van der Waals surface area contributed by atoms with Gasteiger partial charge in [-0.3, -0.25) is 0 Å². The van der Waals surface area contributed by atoms with Crippen molar-refractivity contribution in [2.75, 3.05) is 6.61 Å². The van der Waals surface area contributed by atoms with Gasteiger partial charge in [0.25, 0.3) is 0 Å². The van der Waals surface area contributed by atoms with E-state index < -0.39 is 6.10 Å². The van der Waals surface area contributed by atoms with Gasteiger partial charge in [0, 0.05) is 0 Å². The molecular weight excluding hydrogens is 128 g/mol. The number of hydrogen-bond donors (Lipinski definition) is 1. The fourth-order valence-corrected chi connectivity index (χ4v) is 0.539. The Bertz CT molecular complexity index is 138. The summed E-state index contributed by atoms with van der Waals surface area (Å²) in [4.78, 5) is 0. The second kappa shape index (κ2) is 4.12. The Balaban J connectivity index is 3.82. The molecule has 0 aromatic carbocycles. The van der Waals surface area contributed by atoms with Gasteiger partial charge < -0.3 is 9.84 Å². The first-order valence-electron chi connectivity index (χ1n) is 3.24. The summed E-state index contributed by atoms with van der Waals surface area (Å²) in [6.45, 7) is 11.2. The minimum absolute atomic E-state index is 0.370. The van der Waals surface area contributed by atoms with E-state index in [0.717, 1.165) is 0 Å². The lowest BCUT2D eigenvalue weighted by molar-refractivity contribution is 0.130. The van der Waals surface area contributed by atoms with Crippen LogP contribution in [-0.4, -0.2) is 17.8 Å². The highest BCUT2D eigenvalue weighted by Crippen LogP contribution is 2.08. The zero-order valence-corrected chi connectivity index (χ0v) is 6.55. The fourth-order valence-electron chi connectivity index (χ4n) is 0.539. The van der Waals surface area contributed by atoms with E-state index in [1.54, 1.807) is 6.92 Å². The molecule has 0 aromatic rings. The van der Waals surface area contributed by atoms with E-state index >= 15 is 0 Å². The Morgan fingerprint density at radius 3 is 2.40 bits per heavy atom. The summed E-state index contributed by atoms with van der Waals surface area (Å²) < 4.78 is 4.96. The first kappa shape index (κ1) is 9.24. The van der Waals surface area contributed by atoms with Crippen LogP contribution in [0.1, 0.15) is 13.8 Å². The Morgan fingerprint density at radius 2 is 2.10 bits per heavy atom. The van der Waals surface area contributed by atoms with Crippen molar-refractivity contribution in [3.8, 4) is 0 Å². The van der Waals surface area contributed by atoms with Crippen LogP contribution < -0.4 is 0 Å². The predicted molar refractivity (Wildman–Crippen MR) is 41.6 cm³/mol. The summed E-state index contributed by atoms with van der Waals surface area (Å²) in [5, 5.41) is 9.20. The van der Waals surface area contributed by atoms with Crippen LogP contribution in [0.3, 0.4) is 0 Å². The van der Waals surface area contributed by atoms with Gasteiger partial charge >= 0.3 is 0 Å². The molecule has 0 amide bonds. The molecule has 0 heterocycles. The predicted octanol–water partition coefficient (Wildman–Crippen LogP) is 1.47. The molecule has 2 nitrogen and oxygen atoms in total. The average Bonchev–Trinajstić information content (AvgIpc) is 1.87. The molecule has 1 N–H and O–H groups in total. The number of aliphatic hydroxyl groups is 1. The molecule has 0 radical (unpaired) electrons. The summed E-state index contributed by atoms with van der Waals surface area (Å²) in [5.74, 6) is 0.370. The van der Waals surface area contributed by atoms with Crippen LogP contribution in [0.5, 0.6) is 0 Å². The number of aliphatic hydroxyl groups excluding tert-OH is 1. The molecule has 0 aliphatic rings. The Hall–Kier alpha value is -0.760. The molecule has 2 heteroatoms. The maximum Gasteiger partial charge on any atom is 0.131 e. The van der Waals surface area contributed by atoms with Gasteiger partial charge in [-0.15, -0.1) is 0 Å². The van der Waals surface area contributed by atoms with Crippen LogP contribution in [-0.2, 0) is 4.74 Å². The highest BCUT2D eigenvalue weighted by Gasteiger charge is 2.08. The highest BCUT2D eigenvalue weighted by molar-refractivity contribution is 5.11. The van der Waals surface area contributed by atoms with Gasteiger partial charge in [0.2, 0.25) is 0 Å². The van der Waals surface area contributed by atoms with Gasteiger partial charge in [0.1, 0.15) is 11.9 Å². The van der Waals surface area contributed by atoms with Crippen molar-refractivity contribution < 1.29 is 9.84 Å². The molecule has 0 aromatic heterocycles. The number of hydrogen-bond acceptors (Lipinski definition) is 2. The molecule has 0 aliphatic carbocycles. The summed E-state index contributed by atoms with van der Waals surface area (Å²) in [6.07, 6.45) is -0.722. The third kappa shape index (κ3) is 2.69. The molecule has 1 atom stereocenters. The molecule has 0 rings (SSSR count). The van der Waals surface area contributed by atoms with Crippen LogP contribution >= 0.6 is 0 Å². The number of rotatable bonds is 4. The molecular formula is C8H14O2. The van der Waals surface area contributed by atoms with Crippen LogP contribution in [0.25, 0.3) is 0 Å². The zero-order chi connectivity index (χ0) is 8.15. The van der Waals surface area contributed by atoms with Gasteiger partial charge in [-0.2, -0.15) is 0 Å². The maximum atomic E-state index is 9.20. The molecule has 1 unspecified atom stereocenters. The van der Waals surface area contributed by atoms with Crippen molar-refractivity contribution in [1.29, 1.82) is 0 Å². The number of ether oxygens (including phenoxy) is 1. The third-order valence-corrected chi connectivity index (χ3v) is 1.10. The van der Waals surface area contributed by atoms with Crippen molar-refractivity contribution in [1.82, 2.24) is 0 Å². The first-order chi connectivity index (χ1) is 4.59. The summed E-state index contributed by atoms with van der Waals surface area (Å²) in [6, 6.07) is 0. The van der Waals surface area contributed by atoms with Crippen molar-refractivity contribution in [3.05, 3.63) is 24.5 Å². The lowest BCUT2D eigenvalue weighted by atomic mass is 10.2. The molecule has 0 saturated carbocycles. The molecule has 10 heavy (non-hydrogen) atoms. The Kier molecular flexibility index (Phi) is 3.81. The SMILES string of the molecule is C=C(C)C(O)C(=C)OCC. The van der Waals surface area contributed by atoms with E-state index in [2.05, 4.69) is 13.2 Å². The first-order valence-corrected chi connectivity index (χ1v) is 3.24. The minimum Gasteiger partial charge on any atom is -0.496 e. The normalized spacial score (nSPS) is 12.3. The third-order valence-electron chi connectivity index (χ3n) is 1.10. The van der Waals surface area contributed by atoms with Gasteiger partial charge in [0.05, 0.1) is 6.61 Å². The van der Waals surface area contributed by atoms with Crippen LogP contribution in [0.15, 0.2) is 24.5 Å². The maximum absolute atomic E-state index is 9.20. The Morgan fingerprint density at radius 1 is 1.60 bits per heavy atom. The van der Waals surface area contributed by atoms with E-state index in [1.165, 1.54) is 0 Å². The summed E-state index contributed by atoms with van der Waals surface area (Å²) >= 11 is 0. The summed E-state index contributed by atoms with van der Waals surface area (Å²) in [5.41, 5.74) is 0.651. The fraction of sp³-hybridized carbons (Fsp3) is 0.500. The lowest BCUT2D eigenvalue weighted by Crippen LogP contribution is -2.12. The van der Waals surface area contributed by atoms with E-state index in [0.29, 0.717) is 17.9 Å². The van der Waals surface area contributed by atoms with E-state index in [1.807, 2.05) is 6.92 Å². The largest absolute Gasteiger partial charge is 0.496 e. The molecule has 0 bridgehead atoms. The molecule has 0 saturated heterocycles. The van der Waals surface area contributed by atoms with Crippen LogP contribution in [0, 0.1) is 0 Å². The van der Waals surface area contributed by atoms with Crippen molar-refractivity contribution >= 4 is 0 Å². The zero-order valence-electron chi connectivity index (χ0n) is 6.55. The molecule has 58 valence electrons. The van der Waals surface area contributed by atoms with Crippen molar-refractivity contribution in [2.24, 2.45) is 0 Å². The monoisotopic (exact) mass is 142 g/mol. The smallest absolute Gasteiger partial charge is 0.131 e. The minimum atomic E-state index is -0.722. The van der Waals surface area contributed by atoms with E-state index in [4.69, 9.17) is 4.74 Å². The summed E-state index contributed by atoms with van der Waals surface area (Å²) in [7, 11) is 0. The lowest BCUT2D eigenvalue weighted by Gasteiger charge is -2.12. The average molecular weight is 142 g/mol. The Labute approximate surface area is 61.8 Å². The molecule has 0 fully saturated rings. The van der Waals surface area contributed by atoms with Gasteiger partial charge in [0.15, 0.2) is 0 Å². The second-order valence-corrected chi connectivity index (χ2v) is 2.15. The quantitative estimate of drug-likeness (QED) is 0.476. The molecule has 0 spiro atoms. The second-order valence-electron chi connectivity index (χ2n) is 2.15. The van der Waals surface area contributed by atoms with Gasteiger partial charge in [-0.05, 0) is 19.4 Å². The topological polar surface area (TPSA) is 29.5 Å². The van der Waals surface area contributed by atoms with Gasteiger partial charge in [-0.1, -0.05) is 13.2 Å². The standard InChI is InChI=1S/C8H14O2/c1-5-10-7(4)8(9)6(2)3/h8-9H,2,4-5H2,1,3H3. The van der Waals surface area contributed by atoms with Crippen molar-refractivity contribution in [2.45, 2.75) is 20.0 Å². The van der Waals surface area contributed by atoms with Gasteiger partial charge in [-0.25, -0.2) is 0 Å². The molecule has 0 aliphatic heterocycles. The highest BCUT2D eigenvalue weighted by atomic mass is 16.5. The van der Waals surface area contributed by atoms with E-state index in [-0.39, 0.29) is 0 Å². The van der Waals surface area contributed by atoms with E-state index in [9.17, 15) is 5.11 Å². The van der Waals surface area contributed by atoms with Crippen LogP contribution in [0.4, 0.5) is 0 Å². The van der Waals surface area contributed by atoms with Crippen molar-refractivity contribution in [3.63, 3.8) is 0 Å².